The summed E-state index contributed by atoms with van der Waals surface area (Å²) in [6.07, 6.45) is 1.77. The number of methoxy groups -OCH3 is 1. The largest absolute Gasteiger partial charge is 0.496 e. The van der Waals surface area contributed by atoms with E-state index >= 15 is 0 Å². The molecular weight excluding hydrogens is 409 g/mol. The second-order valence-corrected chi connectivity index (χ2v) is 6.25. The highest BCUT2D eigenvalue weighted by Gasteiger charge is 2.15. The molecule has 0 aliphatic carbocycles. The van der Waals surface area contributed by atoms with Crippen molar-refractivity contribution in [1.29, 1.82) is 0 Å². The van der Waals surface area contributed by atoms with E-state index in [0.29, 0.717) is 20.9 Å². The second kappa shape index (κ2) is 6.70. The third-order valence-electron chi connectivity index (χ3n) is 2.67. The van der Waals surface area contributed by atoms with E-state index in [4.69, 9.17) is 16.3 Å². The summed E-state index contributed by atoms with van der Waals surface area (Å²) < 4.78 is 6.69. The molecule has 3 nitrogen and oxygen atoms in total. The molecule has 104 valence electrons. The van der Waals surface area contributed by atoms with Crippen LogP contribution in [0.2, 0.25) is 5.02 Å². The van der Waals surface area contributed by atoms with Gasteiger partial charge < -0.3 is 4.74 Å². The summed E-state index contributed by atoms with van der Waals surface area (Å²) in [6.45, 7) is 0. The maximum atomic E-state index is 12.3. The molecule has 1 aromatic heterocycles. The Morgan fingerprint density at radius 1 is 1.35 bits per heavy atom. The summed E-state index contributed by atoms with van der Waals surface area (Å²) in [5.74, 6) is 0.529. The maximum absolute atomic E-state index is 12.3. The molecule has 2 rings (SSSR count). The van der Waals surface area contributed by atoms with Crippen molar-refractivity contribution < 1.29 is 9.53 Å². The Labute approximate surface area is 138 Å². The number of nitrogens with zero attached hydrogens (tertiary/aromatic N) is 1. The Kier molecular flexibility index (Phi) is 5.18. The van der Waals surface area contributed by atoms with Gasteiger partial charge in [-0.05, 0) is 56.1 Å². The van der Waals surface area contributed by atoms with E-state index in [1.54, 1.807) is 37.6 Å². The molecule has 0 radical (unpaired) electrons. The molecule has 0 spiro atoms. The number of ketones is 1. The van der Waals surface area contributed by atoms with E-state index in [0.717, 1.165) is 10.0 Å². The first kappa shape index (κ1) is 15.5. The Morgan fingerprint density at radius 2 is 2.10 bits per heavy atom. The lowest BCUT2D eigenvalue weighted by atomic mass is 10.1. The van der Waals surface area contributed by atoms with Gasteiger partial charge in [0.25, 0.3) is 0 Å². The highest BCUT2D eigenvalue weighted by atomic mass is 79.9. The number of ether oxygens (including phenoxy) is 1. The number of pyridine rings is 1. The SMILES string of the molecule is COc1ccc(Cl)cc1CC(=O)c1ncc(Br)cc1Br. The number of hydrogen-bond donors (Lipinski definition) is 0. The molecule has 2 aromatic rings. The summed E-state index contributed by atoms with van der Waals surface area (Å²) in [7, 11) is 1.56. The molecule has 0 saturated carbocycles. The average Bonchev–Trinajstić information content (AvgIpc) is 2.38. The van der Waals surface area contributed by atoms with Crippen LogP contribution in [-0.2, 0) is 6.42 Å². The first-order chi connectivity index (χ1) is 9.51. The Bertz CT molecular complexity index is 662. The van der Waals surface area contributed by atoms with Gasteiger partial charge in [0.15, 0.2) is 5.78 Å². The molecule has 0 atom stereocenters. The van der Waals surface area contributed by atoms with Gasteiger partial charge in [-0.25, -0.2) is 0 Å². The normalized spacial score (nSPS) is 10.4. The van der Waals surface area contributed by atoms with Gasteiger partial charge in [-0.15, -0.1) is 0 Å². The zero-order chi connectivity index (χ0) is 14.7. The topological polar surface area (TPSA) is 39.2 Å². The summed E-state index contributed by atoms with van der Waals surface area (Å²) >= 11 is 12.6. The molecule has 0 bridgehead atoms. The van der Waals surface area contributed by atoms with Gasteiger partial charge in [-0.1, -0.05) is 11.6 Å². The molecule has 0 amide bonds. The van der Waals surface area contributed by atoms with Gasteiger partial charge in [-0.3, -0.25) is 9.78 Å². The number of hydrogen-bond acceptors (Lipinski definition) is 3. The molecule has 1 heterocycles. The Hall–Kier alpha value is -0.910. The number of aromatic nitrogens is 1. The van der Waals surface area contributed by atoms with Crippen LogP contribution in [0.25, 0.3) is 0 Å². The van der Waals surface area contributed by atoms with E-state index in [1.165, 1.54) is 0 Å². The number of Topliss-reactive ketones (excluding diaryl/α,β-unsaturated/α-hetero) is 1. The van der Waals surface area contributed by atoms with Gasteiger partial charge in [0.1, 0.15) is 11.4 Å². The average molecular weight is 420 g/mol. The van der Waals surface area contributed by atoms with Gasteiger partial charge in [0.2, 0.25) is 0 Å². The minimum absolute atomic E-state index is 0.107. The first-order valence-corrected chi connectivity index (χ1v) is 7.64. The van der Waals surface area contributed by atoms with Crippen LogP contribution in [0, 0.1) is 0 Å². The lowest BCUT2D eigenvalue weighted by Crippen LogP contribution is -2.08. The van der Waals surface area contributed by atoms with E-state index in [9.17, 15) is 4.79 Å². The smallest absolute Gasteiger partial charge is 0.186 e. The van der Waals surface area contributed by atoms with Crippen LogP contribution >= 0.6 is 43.5 Å². The maximum Gasteiger partial charge on any atom is 0.186 e. The van der Waals surface area contributed by atoms with Gasteiger partial charge in [0, 0.05) is 32.1 Å². The third kappa shape index (κ3) is 3.59. The Morgan fingerprint density at radius 3 is 2.75 bits per heavy atom. The predicted octanol–water partition coefficient (Wildman–Crippen LogP) is 4.69. The van der Waals surface area contributed by atoms with Crippen molar-refractivity contribution in [3.8, 4) is 5.75 Å². The minimum atomic E-state index is -0.107. The highest BCUT2D eigenvalue weighted by Crippen LogP contribution is 2.26. The van der Waals surface area contributed by atoms with Gasteiger partial charge >= 0.3 is 0 Å². The summed E-state index contributed by atoms with van der Waals surface area (Å²) in [6, 6.07) is 6.98. The van der Waals surface area contributed by atoms with Crippen LogP contribution in [0.5, 0.6) is 5.75 Å². The molecule has 0 saturated heterocycles. The number of benzene rings is 1. The molecule has 6 heteroatoms. The standard InChI is InChI=1S/C14H10Br2ClNO2/c1-20-13-3-2-10(17)4-8(13)5-12(19)14-11(16)6-9(15)7-18-14/h2-4,6-7H,5H2,1H3. The van der Waals surface area contributed by atoms with Crippen LogP contribution in [-0.4, -0.2) is 17.9 Å². The lowest BCUT2D eigenvalue weighted by molar-refractivity contribution is 0.0986. The molecule has 20 heavy (non-hydrogen) atoms. The fraction of sp³-hybridized carbons (Fsp3) is 0.143. The zero-order valence-corrected chi connectivity index (χ0v) is 14.4. The lowest BCUT2D eigenvalue weighted by Gasteiger charge is -2.09. The van der Waals surface area contributed by atoms with E-state index in [1.807, 2.05) is 0 Å². The van der Waals surface area contributed by atoms with E-state index in [2.05, 4.69) is 36.8 Å². The van der Waals surface area contributed by atoms with Crippen molar-refractivity contribution in [3.63, 3.8) is 0 Å². The summed E-state index contributed by atoms with van der Waals surface area (Å²) in [4.78, 5) is 16.5. The molecular formula is C14H10Br2ClNO2. The van der Waals surface area contributed by atoms with Gasteiger partial charge in [0.05, 0.1) is 7.11 Å². The molecule has 0 aliphatic rings. The zero-order valence-electron chi connectivity index (χ0n) is 10.5. The highest BCUT2D eigenvalue weighted by molar-refractivity contribution is 9.11. The van der Waals surface area contributed by atoms with Crippen molar-refractivity contribution in [1.82, 2.24) is 4.98 Å². The number of halogens is 3. The molecule has 0 N–H and O–H groups in total. The van der Waals surface area contributed by atoms with Crippen LogP contribution < -0.4 is 4.74 Å². The monoisotopic (exact) mass is 417 g/mol. The van der Waals surface area contributed by atoms with Crippen molar-refractivity contribution in [2.75, 3.05) is 7.11 Å². The van der Waals surface area contributed by atoms with Crippen molar-refractivity contribution in [2.24, 2.45) is 0 Å². The Balaban J connectivity index is 2.30. The minimum Gasteiger partial charge on any atom is -0.496 e. The fourth-order valence-corrected chi connectivity index (χ4v) is 3.17. The summed E-state index contributed by atoms with van der Waals surface area (Å²) in [5.41, 5.74) is 1.12. The van der Waals surface area contributed by atoms with Gasteiger partial charge in [-0.2, -0.15) is 0 Å². The third-order valence-corrected chi connectivity index (χ3v) is 3.94. The van der Waals surface area contributed by atoms with Crippen molar-refractivity contribution in [3.05, 3.63) is 55.7 Å². The van der Waals surface area contributed by atoms with Crippen LogP contribution in [0.3, 0.4) is 0 Å². The van der Waals surface area contributed by atoms with E-state index in [-0.39, 0.29) is 12.2 Å². The van der Waals surface area contributed by atoms with E-state index < -0.39 is 0 Å². The first-order valence-electron chi connectivity index (χ1n) is 5.68. The molecule has 0 aliphatic heterocycles. The second-order valence-electron chi connectivity index (χ2n) is 4.04. The number of carbonyl (C=O) groups excluding carboxylic acids is 1. The van der Waals surface area contributed by atoms with Crippen LogP contribution in [0.4, 0.5) is 0 Å². The number of carbonyl (C=O) groups is 1. The van der Waals surface area contributed by atoms with Crippen LogP contribution in [0.1, 0.15) is 16.1 Å². The fourth-order valence-electron chi connectivity index (χ4n) is 1.76. The van der Waals surface area contributed by atoms with Crippen molar-refractivity contribution >= 4 is 49.2 Å². The van der Waals surface area contributed by atoms with Crippen LogP contribution in [0.15, 0.2) is 39.4 Å². The predicted molar refractivity (Wildman–Crippen MR) is 85.7 cm³/mol. The quantitative estimate of drug-likeness (QED) is 0.675. The molecule has 0 unspecified atom stereocenters. The molecule has 0 fully saturated rings. The summed E-state index contributed by atoms with van der Waals surface area (Å²) in [5, 5.41) is 0.566. The number of rotatable bonds is 4. The van der Waals surface area contributed by atoms with Crippen molar-refractivity contribution in [2.45, 2.75) is 6.42 Å². The molecule has 1 aromatic carbocycles.